The van der Waals surface area contributed by atoms with Gasteiger partial charge in [0, 0.05) is 10.9 Å². The second kappa shape index (κ2) is 5.70. The fraction of sp³-hybridized carbons (Fsp3) is 0.0667. The minimum atomic E-state index is -0.469. The van der Waals surface area contributed by atoms with Crippen molar-refractivity contribution in [2.45, 2.75) is 6.54 Å². The SMILES string of the molecule is O=C1c2cc(Cl)c(Cl)cc2C(=O)N1Cc1nc(-c2ccsc2)no1. The topological polar surface area (TPSA) is 76.3 Å². The molecule has 0 N–H and O–H groups in total. The molecular weight excluding hydrogens is 373 g/mol. The van der Waals surface area contributed by atoms with E-state index in [-0.39, 0.29) is 33.6 Å². The van der Waals surface area contributed by atoms with Crippen LogP contribution in [0.3, 0.4) is 0 Å². The van der Waals surface area contributed by atoms with Crippen molar-refractivity contribution in [1.82, 2.24) is 15.0 Å². The molecule has 0 spiro atoms. The average Bonchev–Trinajstić information content (AvgIpc) is 3.27. The molecule has 2 aromatic heterocycles. The highest BCUT2D eigenvalue weighted by Gasteiger charge is 2.37. The lowest BCUT2D eigenvalue weighted by Gasteiger charge is -2.09. The molecule has 0 atom stereocenters. The maximum atomic E-state index is 12.4. The van der Waals surface area contributed by atoms with E-state index in [0.29, 0.717) is 5.82 Å². The van der Waals surface area contributed by atoms with Crippen LogP contribution in [0.1, 0.15) is 26.6 Å². The largest absolute Gasteiger partial charge is 0.337 e. The summed E-state index contributed by atoms with van der Waals surface area (Å²) in [5.74, 6) is -0.357. The highest BCUT2D eigenvalue weighted by molar-refractivity contribution is 7.08. The van der Waals surface area contributed by atoms with Crippen molar-refractivity contribution in [1.29, 1.82) is 0 Å². The van der Waals surface area contributed by atoms with Crippen molar-refractivity contribution in [3.8, 4) is 11.4 Å². The van der Waals surface area contributed by atoms with Gasteiger partial charge in [-0.3, -0.25) is 14.5 Å². The average molecular weight is 380 g/mol. The summed E-state index contributed by atoms with van der Waals surface area (Å²) in [5.41, 5.74) is 1.25. The Kier molecular flexibility index (Phi) is 3.64. The standard InChI is InChI=1S/C15H7Cl2N3O3S/c16-10-3-8-9(4-11(10)17)15(22)20(14(8)21)5-12-18-13(19-23-12)7-1-2-24-6-7/h1-4,6H,5H2. The van der Waals surface area contributed by atoms with Gasteiger partial charge in [0.1, 0.15) is 6.54 Å². The lowest BCUT2D eigenvalue weighted by Crippen LogP contribution is -2.29. The Morgan fingerprint density at radius 1 is 1.12 bits per heavy atom. The molecule has 120 valence electrons. The number of fused-ring (bicyclic) bond motifs is 1. The van der Waals surface area contributed by atoms with Crippen LogP contribution in [0.2, 0.25) is 10.0 Å². The summed E-state index contributed by atoms with van der Waals surface area (Å²) in [6, 6.07) is 4.64. The van der Waals surface area contributed by atoms with Gasteiger partial charge in [-0.15, -0.1) is 0 Å². The normalized spacial score (nSPS) is 13.7. The second-order valence-corrected chi connectivity index (χ2v) is 6.63. The number of nitrogens with zero attached hydrogens (tertiary/aromatic N) is 3. The number of imide groups is 1. The highest BCUT2D eigenvalue weighted by Crippen LogP contribution is 2.32. The molecule has 6 nitrogen and oxygen atoms in total. The molecule has 0 saturated carbocycles. The molecule has 1 aromatic carbocycles. The summed E-state index contributed by atoms with van der Waals surface area (Å²) in [6.07, 6.45) is 0. The van der Waals surface area contributed by atoms with Crippen LogP contribution in [0.5, 0.6) is 0 Å². The van der Waals surface area contributed by atoms with Crippen LogP contribution < -0.4 is 0 Å². The van der Waals surface area contributed by atoms with Crippen molar-refractivity contribution in [2.24, 2.45) is 0 Å². The molecule has 0 bridgehead atoms. The van der Waals surface area contributed by atoms with Crippen molar-refractivity contribution in [3.05, 3.63) is 56.0 Å². The van der Waals surface area contributed by atoms with Gasteiger partial charge in [-0.25, -0.2) is 0 Å². The summed E-state index contributed by atoms with van der Waals surface area (Å²) >= 11 is 13.3. The van der Waals surface area contributed by atoms with E-state index in [9.17, 15) is 9.59 Å². The zero-order valence-electron chi connectivity index (χ0n) is 11.8. The molecule has 1 aliphatic heterocycles. The number of carbonyl (C=O) groups is 2. The van der Waals surface area contributed by atoms with Crippen LogP contribution in [-0.2, 0) is 6.54 Å². The van der Waals surface area contributed by atoms with E-state index in [1.165, 1.54) is 23.5 Å². The van der Waals surface area contributed by atoms with Gasteiger partial charge in [0.25, 0.3) is 11.8 Å². The molecule has 0 saturated heterocycles. The lowest BCUT2D eigenvalue weighted by atomic mass is 10.1. The number of thiophene rings is 1. The molecule has 0 radical (unpaired) electrons. The fourth-order valence-corrected chi connectivity index (χ4v) is 3.35. The van der Waals surface area contributed by atoms with E-state index in [2.05, 4.69) is 10.1 Å². The predicted octanol–water partition coefficient (Wildman–Crippen LogP) is 3.90. The van der Waals surface area contributed by atoms with Crippen LogP contribution in [0.4, 0.5) is 0 Å². The number of halogens is 2. The van der Waals surface area contributed by atoms with Crippen LogP contribution in [0.15, 0.2) is 33.5 Å². The number of benzene rings is 1. The van der Waals surface area contributed by atoms with E-state index in [1.807, 2.05) is 16.8 Å². The first-order valence-electron chi connectivity index (χ1n) is 6.75. The van der Waals surface area contributed by atoms with Gasteiger partial charge in [-0.05, 0) is 23.6 Å². The summed E-state index contributed by atoms with van der Waals surface area (Å²) < 4.78 is 5.14. The minimum absolute atomic E-state index is 0.112. The number of amides is 2. The highest BCUT2D eigenvalue weighted by atomic mass is 35.5. The summed E-state index contributed by atoms with van der Waals surface area (Å²) in [7, 11) is 0. The Morgan fingerprint density at radius 3 is 2.38 bits per heavy atom. The Morgan fingerprint density at radius 2 is 1.79 bits per heavy atom. The van der Waals surface area contributed by atoms with Gasteiger partial charge in [0.2, 0.25) is 11.7 Å². The third-order valence-electron chi connectivity index (χ3n) is 3.55. The van der Waals surface area contributed by atoms with E-state index >= 15 is 0 Å². The first-order valence-corrected chi connectivity index (χ1v) is 8.45. The zero-order valence-corrected chi connectivity index (χ0v) is 14.2. The van der Waals surface area contributed by atoms with Gasteiger partial charge in [-0.1, -0.05) is 28.4 Å². The quantitative estimate of drug-likeness (QED) is 0.644. The van der Waals surface area contributed by atoms with Gasteiger partial charge < -0.3 is 4.52 Å². The molecular formula is C15H7Cl2N3O3S. The molecule has 3 heterocycles. The van der Waals surface area contributed by atoms with Crippen LogP contribution >= 0.6 is 34.5 Å². The van der Waals surface area contributed by atoms with Crippen LogP contribution in [0.25, 0.3) is 11.4 Å². The molecule has 9 heteroatoms. The summed E-state index contributed by atoms with van der Waals surface area (Å²) in [5, 5.41) is 8.06. The predicted molar refractivity (Wildman–Crippen MR) is 88.3 cm³/mol. The van der Waals surface area contributed by atoms with Crippen molar-refractivity contribution in [2.75, 3.05) is 0 Å². The zero-order chi connectivity index (χ0) is 16.8. The minimum Gasteiger partial charge on any atom is -0.337 e. The van der Waals surface area contributed by atoms with Gasteiger partial charge >= 0.3 is 0 Å². The first kappa shape index (κ1) is 15.3. The molecule has 3 aromatic rings. The fourth-order valence-electron chi connectivity index (χ4n) is 2.39. The van der Waals surface area contributed by atoms with Crippen LogP contribution in [0, 0.1) is 0 Å². The smallest absolute Gasteiger partial charge is 0.262 e. The molecule has 24 heavy (non-hydrogen) atoms. The molecule has 0 aliphatic carbocycles. The Hall–Kier alpha value is -2.22. The first-order chi connectivity index (χ1) is 11.5. The number of hydrogen-bond donors (Lipinski definition) is 0. The number of carbonyl (C=O) groups excluding carboxylic acids is 2. The van der Waals surface area contributed by atoms with Gasteiger partial charge in [-0.2, -0.15) is 16.3 Å². The molecule has 4 rings (SSSR count). The van der Waals surface area contributed by atoms with Crippen molar-refractivity contribution < 1.29 is 14.1 Å². The Labute approximate surface area is 149 Å². The summed E-state index contributed by atoms with van der Waals surface area (Å²) in [6.45, 7) is -0.112. The monoisotopic (exact) mass is 379 g/mol. The number of hydrogen-bond acceptors (Lipinski definition) is 6. The number of aromatic nitrogens is 2. The van der Waals surface area contributed by atoms with E-state index in [0.717, 1.165) is 10.5 Å². The van der Waals surface area contributed by atoms with E-state index in [1.54, 1.807) is 0 Å². The molecule has 0 fully saturated rings. The van der Waals surface area contributed by atoms with Crippen LogP contribution in [-0.4, -0.2) is 26.9 Å². The molecule has 1 aliphatic rings. The third kappa shape index (κ3) is 2.41. The maximum absolute atomic E-state index is 12.4. The van der Waals surface area contributed by atoms with Gasteiger partial charge in [0.05, 0.1) is 21.2 Å². The second-order valence-electron chi connectivity index (χ2n) is 5.03. The van der Waals surface area contributed by atoms with Gasteiger partial charge in [0.15, 0.2) is 0 Å². The number of rotatable bonds is 3. The van der Waals surface area contributed by atoms with E-state index in [4.69, 9.17) is 27.7 Å². The third-order valence-corrected chi connectivity index (χ3v) is 4.96. The van der Waals surface area contributed by atoms with Crippen molar-refractivity contribution >= 4 is 46.4 Å². The Bertz CT molecular complexity index is 928. The lowest BCUT2D eigenvalue weighted by molar-refractivity contribution is 0.0625. The summed E-state index contributed by atoms with van der Waals surface area (Å²) in [4.78, 5) is 30.1. The van der Waals surface area contributed by atoms with Crippen molar-refractivity contribution in [3.63, 3.8) is 0 Å². The Balaban J connectivity index is 1.62. The van der Waals surface area contributed by atoms with E-state index < -0.39 is 11.8 Å². The maximum Gasteiger partial charge on any atom is 0.262 e. The molecule has 0 unspecified atom stereocenters. The molecule has 2 amide bonds.